The summed E-state index contributed by atoms with van der Waals surface area (Å²) in [7, 11) is 1.80. The molecule has 0 atom stereocenters. The predicted octanol–water partition coefficient (Wildman–Crippen LogP) is 3.95. The molecular weight excluding hydrogens is 248 g/mol. The topological polar surface area (TPSA) is 34.9 Å². The Labute approximate surface area is 119 Å². The summed E-state index contributed by atoms with van der Waals surface area (Å²) < 4.78 is 1.62. The summed E-state index contributed by atoms with van der Waals surface area (Å²) in [5.41, 5.74) is 3.99. The van der Waals surface area contributed by atoms with E-state index < -0.39 is 0 Å². The zero-order chi connectivity index (χ0) is 13.9. The fourth-order valence-corrected chi connectivity index (χ4v) is 3.10. The lowest BCUT2D eigenvalue weighted by Gasteiger charge is -2.21. The van der Waals surface area contributed by atoms with Crippen molar-refractivity contribution in [1.29, 1.82) is 0 Å². The largest absolute Gasteiger partial charge is 0.296 e. The van der Waals surface area contributed by atoms with Crippen molar-refractivity contribution in [2.75, 3.05) is 0 Å². The molecular formula is C17H20N2O. The lowest BCUT2D eigenvalue weighted by molar-refractivity contribution is 0.111. The second kappa shape index (κ2) is 5.61. The average molecular weight is 268 g/mol. The summed E-state index contributed by atoms with van der Waals surface area (Å²) in [6, 6.07) is 10.5. The molecule has 0 saturated heterocycles. The van der Waals surface area contributed by atoms with Crippen molar-refractivity contribution < 1.29 is 4.79 Å². The van der Waals surface area contributed by atoms with Gasteiger partial charge in [-0.05, 0) is 30.4 Å². The SMILES string of the molecule is Cn1nc(-c2ccc(C3CCCCC3)cc2)cc1C=O. The predicted molar refractivity (Wildman–Crippen MR) is 79.9 cm³/mol. The maximum Gasteiger partial charge on any atom is 0.168 e. The van der Waals surface area contributed by atoms with Crippen molar-refractivity contribution in [2.45, 2.75) is 38.0 Å². The van der Waals surface area contributed by atoms with Crippen LogP contribution in [0.15, 0.2) is 30.3 Å². The fourth-order valence-electron chi connectivity index (χ4n) is 3.10. The van der Waals surface area contributed by atoms with Crippen molar-refractivity contribution in [2.24, 2.45) is 7.05 Å². The van der Waals surface area contributed by atoms with E-state index in [2.05, 4.69) is 29.4 Å². The van der Waals surface area contributed by atoms with Gasteiger partial charge in [-0.15, -0.1) is 0 Å². The van der Waals surface area contributed by atoms with E-state index in [4.69, 9.17) is 0 Å². The number of carbonyl (C=O) groups is 1. The Bertz CT molecular complexity index is 592. The van der Waals surface area contributed by atoms with Gasteiger partial charge in [-0.1, -0.05) is 43.5 Å². The van der Waals surface area contributed by atoms with Gasteiger partial charge in [-0.3, -0.25) is 9.48 Å². The summed E-state index contributed by atoms with van der Waals surface area (Å²) >= 11 is 0. The zero-order valence-corrected chi connectivity index (χ0v) is 11.9. The van der Waals surface area contributed by atoms with Gasteiger partial charge in [0.05, 0.1) is 5.69 Å². The van der Waals surface area contributed by atoms with Crippen LogP contribution in [0.3, 0.4) is 0 Å². The summed E-state index contributed by atoms with van der Waals surface area (Å²) in [5.74, 6) is 0.729. The number of aromatic nitrogens is 2. The van der Waals surface area contributed by atoms with Crippen LogP contribution in [0.4, 0.5) is 0 Å². The van der Waals surface area contributed by atoms with E-state index in [1.165, 1.54) is 37.7 Å². The van der Waals surface area contributed by atoms with E-state index in [0.717, 1.165) is 23.5 Å². The number of hydrogen-bond acceptors (Lipinski definition) is 2. The molecule has 1 heterocycles. The minimum atomic E-state index is 0.608. The number of rotatable bonds is 3. The number of nitrogens with zero attached hydrogens (tertiary/aromatic N) is 2. The first-order valence-electron chi connectivity index (χ1n) is 7.37. The van der Waals surface area contributed by atoms with Crippen molar-refractivity contribution >= 4 is 6.29 Å². The maximum atomic E-state index is 10.9. The minimum absolute atomic E-state index is 0.608. The summed E-state index contributed by atoms with van der Waals surface area (Å²) in [6.45, 7) is 0. The highest BCUT2D eigenvalue weighted by Crippen LogP contribution is 2.33. The smallest absolute Gasteiger partial charge is 0.168 e. The molecule has 0 N–H and O–H groups in total. The van der Waals surface area contributed by atoms with Gasteiger partial charge in [0, 0.05) is 12.6 Å². The molecule has 0 aliphatic heterocycles. The first kappa shape index (κ1) is 13.1. The third kappa shape index (κ3) is 2.53. The molecule has 1 fully saturated rings. The van der Waals surface area contributed by atoms with Crippen LogP contribution >= 0.6 is 0 Å². The Morgan fingerprint density at radius 1 is 1.15 bits per heavy atom. The number of aryl methyl sites for hydroxylation is 1. The molecule has 0 radical (unpaired) electrons. The molecule has 104 valence electrons. The van der Waals surface area contributed by atoms with Crippen LogP contribution < -0.4 is 0 Å². The van der Waals surface area contributed by atoms with Crippen LogP contribution in [0.1, 0.15) is 54.1 Å². The van der Waals surface area contributed by atoms with E-state index in [1.807, 2.05) is 6.07 Å². The van der Waals surface area contributed by atoms with Crippen LogP contribution in [-0.2, 0) is 7.05 Å². The van der Waals surface area contributed by atoms with Crippen LogP contribution in [-0.4, -0.2) is 16.1 Å². The number of carbonyl (C=O) groups excluding carboxylic acids is 1. The Balaban J connectivity index is 1.82. The van der Waals surface area contributed by atoms with Gasteiger partial charge in [0.2, 0.25) is 0 Å². The Kier molecular flexibility index (Phi) is 3.68. The summed E-state index contributed by atoms with van der Waals surface area (Å²) in [6.07, 6.45) is 7.57. The molecule has 1 saturated carbocycles. The molecule has 0 spiro atoms. The minimum Gasteiger partial charge on any atom is -0.296 e. The second-order valence-electron chi connectivity index (χ2n) is 5.65. The average Bonchev–Trinajstić information content (AvgIpc) is 2.89. The molecule has 0 amide bonds. The summed E-state index contributed by atoms with van der Waals surface area (Å²) in [4.78, 5) is 10.9. The van der Waals surface area contributed by atoms with E-state index in [0.29, 0.717) is 5.69 Å². The Morgan fingerprint density at radius 3 is 2.45 bits per heavy atom. The first-order valence-corrected chi connectivity index (χ1v) is 7.37. The van der Waals surface area contributed by atoms with Crippen molar-refractivity contribution in [1.82, 2.24) is 9.78 Å². The van der Waals surface area contributed by atoms with Gasteiger partial charge < -0.3 is 0 Å². The van der Waals surface area contributed by atoms with E-state index in [-0.39, 0.29) is 0 Å². The standard InChI is InChI=1S/C17H20N2O/c1-19-16(12-20)11-17(18-19)15-9-7-14(8-10-15)13-5-3-2-4-6-13/h7-13H,2-6H2,1H3. The van der Waals surface area contributed by atoms with Gasteiger partial charge in [-0.25, -0.2) is 0 Å². The highest BCUT2D eigenvalue weighted by Gasteiger charge is 2.15. The first-order chi connectivity index (χ1) is 9.78. The third-order valence-corrected chi connectivity index (χ3v) is 4.32. The van der Waals surface area contributed by atoms with Crippen molar-refractivity contribution in [3.63, 3.8) is 0 Å². The quantitative estimate of drug-likeness (QED) is 0.790. The van der Waals surface area contributed by atoms with Crippen molar-refractivity contribution in [3.05, 3.63) is 41.6 Å². The molecule has 0 bridgehead atoms. The van der Waals surface area contributed by atoms with Gasteiger partial charge in [0.15, 0.2) is 6.29 Å². The van der Waals surface area contributed by atoms with Crippen LogP contribution in [0.5, 0.6) is 0 Å². The Hall–Kier alpha value is -1.90. The van der Waals surface area contributed by atoms with Crippen LogP contribution in [0, 0.1) is 0 Å². The molecule has 3 heteroatoms. The zero-order valence-electron chi connectivity index (χ0n) is 11.9. The van der Waals surface area contributed by atoms with Gasteiger partial charge in [0.1, 0.15) is 5.69 Å². The lowest BCUT2D eigenvalue weighted by Crippen LogP contribution is -2.04. The molecule has 20 heavy (non-hydrogen) atoms. The number of hydrogen-bond donors (Lipinski definition) is 0. The van der Waals surface area contributed by atoms with E-state index in [1.54, 1.807) is 11.7 Å². The monoisotopic (exact) mass is 268 g/mol. The van der Waals surface area contributed by atoms with E-state index in [9.17, 15) is 4.79 Å². The summed E-state index contributed by atoms with van der Waals surface area (Å²) in [5, 5.41) is 4.38. The third-order valence-electron chi connectivity index (χ3n) is 4.32. The number of benzene rings is 1. The second-order valence-corrected chi connectivity index (χ2v) is 5.65. The molecule has 2 aromatic rings. The van der Waals surface area contributed by atoms with Gasteiger partial charge >= 0.3 is 0 Å². The molecule has 3 rings (SSSR count). The maximum absolute atomic E-state index is 10.9. The molecule has 0 unspecified atom stereocenters. The van der Waals surface area contributed by atoms with Gasteiger partial charge in [-0.2, -0.15) is 5.10 Å². The highest BCUT2D eigenvalue weighted by molar-refractivity contribution is 5.75. The van der Waals surface area contributed by atoms with Crippen LogP contribution in [0.2, 0.25) is 0 Å². The molecule has 1 aliphatic rings. The lowest BCUT2D eigenvalue weighted by atomic mass is 9.84. The van der Waals surface area contributed by atoms with Crippen LogP contribution in [0.25, 0.3) is 11.3 Å². The molecule has 1 aromatic carbocycles. The number of aldehydes is 1. The molecule has 3 nitrogen and oxygen atoms in total. The normalized spacial score (nSPS) is 16.2. The molecule has 1 aliphatic carbocycles. The molecule has 1 aromatic heterocycles. The highest BCUT2D eigenvalue weighted by atomic mass is 16.1. The Morgan fingerprint density at radius 2 is 1.85 bits per heavy atom. The van der Waals surface area contributed by atoms with Crippen molar-refractivity contribution in [3.8, 4) is 11.3 Å². The fraction of sp³-hybridized carbons (Fsp3) is 0.412. The van der Waals surface area contributed by atoms with E-state index >= 15 is 0 Å². The van der Waals surface area contributed by atoms with Gasteiger partial charge in [0.25, 0.3) is 0 Å².